The lowest BCUT2D eigenvalue weighted by atomic mass is 9.98. The average molecular weight is 284 g/mol. The van der Waals surface area contributed by atoms with Crippen molar-refractivity contribution in [3.05, 3.63) is 75.8 Å². The third-order valence-electron chi connectivity index (χ3n) is 3.19. The highest BCUT2D eigenvalue weighted by Crippen LogP contribution is 2.24. The van der Waals surface area contributed by atoms with Crippen LogP contribution in [0.3, 0.4) is 0 Å². The molecule has 108 valence electrons. The van der Waals surface area contributed by atoms with Crippen LogP contribution >= 0.6 is 0 Å². The molecule has 0 aliphatic heterocycles. The molecule has 1 N–H and O–H groups in total. The van der Waals surface area contributed by atoms with E-state index in [1.165, 1.54) is 13.0 Å². The summed E-state index contributed by atoms with van der Waals surface area (Å²) in [6.07, 6.45) is 0.376. The van der Waals surface area contributed by atoms with Crippen molar-refractivity contribution >= 4 is 11.6 Å². The van der Waals surface area contributed by atoms with Crippen molar-refractivity contribution in [2.75, 3.05) is 0 Å². The number of carbonyl (C=O) groups is 1. The van der Waals surface area contributed by atoms with Crippen LogP contribution in [-0.2, 0) is 11.2 Å². The number of para-hydroxylation sites is 1. The topological polar surface area (TPSA) is 72.2 Å². The maximum Gasteiger partial charge on any atom is 0.272 e. The normalized spacial score (nSPS) is 11.7. The van der Waals surface area contributed by atoms with Gasteiger partial charge in [-0.1, -0.05) is 48.5 Å². The molecule has 0 spiro atoms. The van der Waals surface area contributed by atoms with Crippen LogP contribution in [0.25, 0.3) is 0 Å². The van der Waals surface area contributed by atoms with Gasteiger partial charge in [-0.25, -0.2) is 0 Å². The van der Waals surface area contributed by atoms with Crippen molar-refractivity contribution in [3.63, 3.8) is 0 Å². The van der Waals surface area contributed by atoms with E-state index >= 15 is 0 Å². The smallest absolute Gasteiger partial charge is 0.272 e. The Hall–Kier alpha value is -2.69. The molecule has 0 bridgehead atoms. The molecule has 5 heteroatoms. The molecule has 0 radical (unpaired) electrons. The molecular formula is C16H16N2O3. The van der Waals surface area contributed by atoms with Gasteiger partial charge in [0.1, 0.15) is 0 Å². The van der Waals surface area contributed by atoms with Crippen molar-refractivity contribution < 1.29 is 9.72 Å². The SMILES string of the molecule is CC(=O)NC(Cc1ccccc1[N+](=O)[O-])c1ccccc1. The molecule has 2 aromatic carbocycles. The largest absolute Gasteiger partial charge is 0.349 e. The molecule has 0 fully saturated rings. The van der Waals surface area contributed by atoms with E-state index in [0.717, 1.165) is 5.56 Å². The fraction of sp³-hybridized carbons (Fsp3) is 0.188. The second-order valence-electron chi connectivity index (χ2n) is 4.75. The zero-order valence-corrected chi connectivity index (χ0v) is 11.7. The molecule has 0 aliphatic carbocycles. The molecule has 0 aliphatic rings. The number of nitrogens with zero attached hydrogens (tertiary/aromatic N) is 1. The molecule has 0 aromatic heterocycles. The lowest BCUT2D eigenvalue weighted by Crippen LogP contribution is -2.27. The number of nitro groups is 1. The summed E-state index contributed by atoms with van der Waals surface area (Å²) < 4.78 is 0. The van der Waals surface area contributed by atoms with Crippen LogP contribution in [0.4, 0.5) is 5.69 Å². The van der Waals surface area contributed by atoms with Gasteiger partial charge >= 0.3 is 0 Å². The highest BCUT2D eigenvalue weighted by Gasteiger charge is 2.19. The van der Waals surface area contributed by atoms with Crippen molar-refractivity contribution in [2.24, 2.45) is 0 Å². The second kappa shape index (κ2) is 6.65. The summed E-state index contributed by atoms with van der Waals surface area (Å²) >= 11 is 0. The van der Waals surface area contributed by atoms with E-state index in [1.807, 2.05) is 30.3 Å². The fourth-order valence-corrected chi connectivity index (χ4v) is 2.26. The lowest BCUT2D eigenvalue weighted by molar-refractivity contribution is -0.385. The van der Waals surface area contributed by atoms with Crippen LogP contribution in [0.15, 0.2) is 54.6 Å². The third-order valence-corrected chi connectivity index (χ3v) is 3.19. The first kappa shape index (κ1) is 14.7. The summed E-state index contributed by atoms with van der Waals surface area (Å²) in [5.41, 5.74) is 1.60. The van der Waals surface area contributed by atoms with Crippen molar-refractivity contribution in [3.8, 4) is 0 Å². The van der Waals surface area contributed by atoms with Gasteiger partial charge in [-0.15, -0.1) is 0 Å². The Balaban J connectivity index is 2.32. The van der Waals surface area contributed by atoms with Crippen molar-refractivity contribution in [2.45, 2.75) is 19.4 Å². The number of hydrogen-bond donors (Lipinski definition) is 1. The summed E-state index contributed by atoms with van der Waals surface area (Å²) in [6.45, 7) is 1.44. The molecule has 2 rings (SSSR count). The van der Waals surface area contributed by atoms with Gasteiger partial charge in [-0.2, -0.15) is 0 Å². The Labute approximate surface area is 122 Å². The molecule has 21 heavy (non-hydrogen) atoms. The van der Waals surface area contributed by atoms with E-state index in [0.29, 0.717) is 12.0 Å². The highest BCUT2D eigenvalue weighted by atomic mass is 16.6. The van der Waals surface area contributed by atoms with Gasteiger partial charge in [0.2, 0.25) is 5.91 Å². The first-order valence-electron chi connectivity index (χ1n) is 6.62. The van der Waals surface area contributed by atoms with Gasteiger partial charge in [0.15, 0.2) is 0 Å². The molecule has 0 heterocycles. The van der Waals surface area contributed by atoms with Gasteiger partial charge in [0, 0.05) is 25.0 Å². The minimum atomic E-state index is -0.398. The molecule has 0 saturated carbocycles. The molecule has 0 saturated heterocycles. The quantitative estimate of drug-likeness (QED) is 0.677. The van der Waals surface area contributed by atoms with Gasteiger partial charge in [-0.3, -0.25) is 14.9 Å². The van der Waals surface area contributed by atoms with Crippen LogP contribution in [0.2, 0.25) is 0 Å². The van der Waals surface area contributed by atoms with E-state index < -0.39 is 4.92 Å². The number of amides is 1. The van der Waals surface area contributed by atoms with E-state index in [1.54, 1.807) is 18.2 Å². The maximum atomic E-state index is 11.4. The third kappa shape index (κ3) is 3.89. The molecule has 1 amide bonds. The Morgan fingerprint density at radius 3 is 2.38 bits per heavy atom. The van der Waals surface area contributed by atoms with Gasteiger partial charge in [0.05, 0.1) is 11.0 Å². The number of rotatable bonds is 5. The van der Waals surface area contributed by atoms with Crippen LogP contribution in [0, 0.1) is 10.1 Å². The Bertz CT molecular complexity index is 641. The predicted molar refractivity (Wildman–Crippen MR) is 79.8 cm³/mol. The van der Waals surface area contributed by atoms with Crippen LogP contribution in [0.1, 0.15) is 24.1 Å². The lowest BCUT2D eigenvalue weighted by Gasteiger charge is -2.18. The zero-order chi connectivity index (χ0) is 15.2. The van der Waals surface area contributed by atoms with Gasteiger partial charge in [-0.05, 0) is 5.56 Å². The Kier molecular flexibility index (Phi) is 4.66. The van der Waals surface area contributed by atoms with Gasteiger partial charge < -0.3 is 5.32 Å². The highest BCUT2D eigenvalue weighted by molar-refractivity contribution is 5.73. The summed E-state index contributed by atoms with van der Waals surface area (Å²) in [5.74, 6) is -0.164. The number of benzene rings is 2. The van der Waals surface area contributed by atoms with Crippen LogP contribution in [0.5, 0.6) is 0 Å². The number of nitrogens with one attached hydrogen (secondary N) is 1. The summed E-state index contributed by atoms with van der Waals surface area (Å²) in [6, 6.07) is 15.7. The van der Waals surface area contributed by atoms with Gasteiger partial charge in [0.25, 0.3) is 5.69 Å². The molecule has 5 nitrogen and oxygen atoms in total. The average Bonchev–Trinajstić information content (AvgIpc) is 2.47. The number of hydrogen-bond acceptors (Lipinski definition) is 3. The molecule has 2 aromatic rings. The van der Waals surface area contributed by atoms with E-state index in [2.05, 4.69) is 5.32 Å². The first-order valence-corrected chi connectivity index (χ1v) is 6.62. The summed E-state index contributed by atoms with van der Waals surface area (Å²) in [7, 11) is 0. The molecular weight excluding hydrogens is 268 g/mol. The Morgan fingerprint density at radius 2 is 1.76 bits per heavy atom. The van der Waals surface area contributed by atoms with Crippen molar-refractivity contribution in [1.82, 2.24) is 5.32 Å². The standard InChI is InChI=1S/C16H16N2O3/c1-12(19)17-15(13-7-3-2-4-8-13)11-14-9-5-6-10-16(14)18(20)21/h2-10,15H,11H2,1H3,(H,17,19). The first-order chi connectivity index (χ1) is 10.1. The van der Waals surface area contributed by atoms with E-state index in [-0.39, 0.29) is 17.6 Å². The van der Waals surface area contributed by atoms with Crippen molar-refractivity contribution in [1.29, 1.82) is 0 Å². The summed E-state index contributed by atoms with van der Waals surface area (Å²) in [4.78, 5) is 22.1. The number of nitro benzene ring substituents is 1. The minimum Gasteiger partial charge on any atom is -0.349 e. The van der Waals surface area contributed by atoms with E-state index in [4.69, 9.17) is 0 Å². The minimum absolute atomic E-state index is 0.0729. The van der Waals surface area contributed by atoms with Crippen LogP contribution < -0.4 is 5.32 Å². The monoisotopic (exact) mass is 284 g/mol. The predicted octanol–water partition coefficient (Wildman–Crippen LogP) is 3.01. The Morgan fingerprint density at radius 1 is 1.14 bits per heavy atom. The maximum absolute atomic E-state index is 11.4. The second-order valence-corrected chi connectivity index (χ2v) is 4.75. The van der Waals surface area contributed by atoms with E-state index in [9.17, 15) is 14.9 Å². The molecule has 1 atom stereocenters. The van der Waals surface area contributed by atoms with Crippen LogP contribution in [-0.4, -0.2) is 10.8 Å². The zero-order valence-electron chi connectivity index (χ0n) is 11.7. The summed E-state index contributed by atoms with van der Waals surface area (Å²) in [5, 5.41) is 13.9. The fourth-order valence-electron chi connectivity index (χ4n) is 2.26. The molecule has 1 unspecified atom stereocenters. The number of carbonyl (C=O) groups excluding carboxylic acids is 1.